The lowest BCUT2D eigenvalue weighted by molar-refractivity contribution is -0.142. The highest BCUT2D eigenvalue weighted by Gasteiger charge is 2.31. The fourth-order valence-electron chi connectivity index (χ4n) is 4.67. The van der Waals surface area contributed by atoms with Crippen molar-refractivity contribution in [3.8, 4) is 0 Å². The van der Waals surface area contributed by atoms with Crippen molar-refractivity contribution >= 4 is 40.5 Å². The third kappa shape index (κ3) is 9.94. The van der Waals surface area contributed by atoms with Gasteiger partial charge in [-0.25, -0.2) is 4.79 Å². The van der Waals surface area contributed by atoms with Gasteiger partial charge in [0.25, 0.3) is 0 Å². The van der Waals surface area contributed by atoms with E-state index in [0.29, 0.717) is 24.9 Å². The Morgan fingerprint density at radius 2 is 1.42 bits per heavy atom. The van der Waals surface area contributed by atoms with Gasteiger partial charge in [0.1, 0.15) is 18.1 Å². The number of rotatable bonds is 17. The molecule has 11 N–H and O–H groups in total. The average molecular weight is 594 g/mol. The lowest BCUT2D eigenvalue weighted by Gasteiger charge is -2.25. The number of primary amides is 1. The lowest BCUT2D eigenvalue weighted by Crippen LogP contribution is -2.58. The summed E-state index contributed by atoms with van der Waals surface area (Å²) in [6.45, 7) is 0.376. The van der Waals surface area contributed by atoms with Crippen LogP contribution in [0.25, 0.3) is 10.9 Å². The first-order valence-electron chi connectivity index (χ1n) is 14.1. The fourth-order valence-corrected chi connectivity index (χ4v) is 4.67. The number of H-pyrrole nitrogens is 1. The number of carboxylic acid groups (broad SMARTS) is 1. The number of nitrogens with two attached hydrogens (primary N) is 3. The summed E-state index contributed by atoms with van der Waals surface area (Å²) in [7, 11) is 0. The second kappa shape index (κ2) is 16.0. The SMILES string of the molecule is NCCCCC(NC(=O)C(Cc1c[nH]c2ccccc12)NC(=O)C(CC(N)=O)NC(=O)C(N)Cc1ccccc1)C(=O)O. The number of aliphatic carboxylic acids is 1. The van der Waals surface area contributed by atoms with Crippen LogP contribution in [0.3, 0.4) is 0 Å². The summed E-state index contributed by atoms with van der Waals surface area (Å²) >= 11 is 0. The summed E-state index contributed by atoms with van der Waals surface area (Å²) in [6.07, 6.45) is 2.52. The van der Waals surface area contributed by atoms with Gasteiger partial charge in [-0.05, 0) is 49.4 Å². The minimum absolute atomic E-state index is 0.0124. The summed E-state index contributed by atoms with van der Waals surface area (Å²) in [5.41, 5.74) is 19.2. The van der Waals surface area contributed by atoms with Gasteiger partial charge < -0.3 is 43.2 Å². The van der Waals surface area contributed by atoms with E-state index in [1.165, 1.54) is 0 Å². The van der Waals surface area contributed by atoms with E-state index in [1.807, 2.05) is 30.3 Å². The molecule has 230 valence electrons. The van der Waals surface area contributed by atoms with Crippen LogP contribution in [0.2, 0.25) is 0 Å². The molecular weight excluding hydrogens is 554 g/mol. The molecule has 3 rings (SSSR count). The Labute approximate surface area is 248 Å². The molecule has 0 saturated heterocycles. The van der Waals surface area contributed by atoms with Crippen LogP contribution in [0.4, 0.5) is 0 Å². The molecule has 0 aliphatic carbocycles. The molecule has 0 aliphatic heterocycles. The maximum absolute atomic E-state index is 13.4. The first-order valence-corrected chi connectivity index (χ1v) is 14.1. The van der Waals surface area contributed by atoms with Gasteiger partial charge in [0, 0.05) is 23.5 Å². The molecule has 43 heavy (non-hydrogen) atoms. The summed E-state index contributed by atoms with van der Waals surface area (Å²) in [5, 5.41) is 18.1. The first kappa shape index (κ1) is 32.8. The van der Waals surface area contributed by atoms with Crippen molar-refractivity contribution in [1.29, 1.82) is 0 Å². The van der Waals surface area contributed by atoms with Crippen LogP contribution in [0.15, 0.2) is 60.8 Å². The second-order valence-corrected chi connectivity index (χ2v) is 10.3. The van der Waals surface area contributed by atoms with Gasteiger partial charge >= 0.3 is 5.97 Å². The van der Waals surface area contributed by atoms with Crippen molar-refractivity contribution in [1.82, 2.24) is 20.9 Å². The molecule has 0 bridgehead atoms. The number of carboxylic acids is 1. The number of carbonyl (C=O) groups excluding carboxylic acids is 4. The Kier molecular flexibility index (Phi) is 12.2. The third-order valence-electron chi connectivity index (χ3n) is 6.97. The van der Waals surface area contributed by atoms with Gasteiger partial charge in [-0.1, -0.05) is 48.5 Å². The average Bonchev–Trinajstić information content (AvgIpc) is 3.38. The number of aromatic nitrogens is 1. The number of benzene rings is 2. The summed E-state index contributed by atoms with van der Waals surface area (Å²) in [6, 6.07) is 11.5. The molecule has 0 saturated carbocycles. The monoisotopic (exact) mass is 593 g/mol. The molecule has 4 atom stereocenters. The molecule has 4 unspecified atom stereocenters. The summed E-state index contributed by atoms with van der Waals surface area (Å²) < 4.78 is 0. The summed E-state index contributed by atoms with van der Waals surface area (Å²) in [4.78, 5) is 66.6. The topological polar surface area (TPSA) is 236 Å². The van der Waals surface area contributed by atoms with Crippen LogP contribution < -0.4 is 33.2 Å². The van der Waals surface area contributed by atoms with E-state index in [-0.39, 0.29) is 19.3 Å². The predicted octanol–water partition coefficient (Wildman–Crippen LogP) is -0.176. The van der Waals surface area contributed by atoms with Crippen molar-refractivity contribution in [2.45, 2.75) is 62.7 Å². The van der Waals surface area contributed by atoms with Gasteiger partial charge in [-0.15, -0.1) is 0 Å². The number of para-hydroxylation sites is 1. The molecule has 0 aliphatic rings. The number of nitrogens with one attached hydrogen (secondary N) is 4. The third-order valence-corrected chi connectivity index (χ3v) is 6.97. The highest BCUT2D eigenvalue weighted by molar-refractivity contribution is 5.96. The minimum atomic E-state index is -1.43. The number of fused-ring (bicyclic) bond motifs is 1. The van der Waals surface area contributed by atoms with Crippen LogP contribution in [0, 0.1) is 0 Å². The maximum atomic E-state index is 13.4. The lowest BCUT2D eigenvalue weighted by atomic mass is 10.0. The Bertz CT molecular complexity index is 1410. The Hall–Kier alpha value is -4.75. The van der Waals surface area contributed by atoms with Gasteiger partial charge in [-0.3, -0.25) is 19.2 Å². The normalized spacial score (nSPS) is 13.8. The molecule has 3 aromatic rings. The predicted molar refractivity (Wildman–Crippen MR) is 160 cm³/mol. The Morgan fingerprint density at radius 3 is 2.09 bits per heavy atom. The first-order chi connectivity index (χ1) is 20.6. The Balaban J connectivity index is 1.81. The van der Waals surface area contributed by atoms with Gasteiger partial charge in [-0.2, -0.15) is 0 Å². The highest BCUT2D eigenvalue weighted by atomic mass is 16.4. The summed E-state index contributed by atoms with van der Waals surface area (Å²) in [5.74, 6) is -4.37. The van der Waals surface area contributed by atoms with Crippen molar-refractivity contribution in [2.24, 2.45) is 17.2 Å². The van der Waals surface area contributed by atoms with Crippen molar-refractivity contribution in [2.75, 3.05) is 6.54 Å². The Morgan fingerprint density at radius 1 is 0.791 bits per heavy atom. The van der Waals surface area contributed by atoms with E-state index in [2.05, 4.69) is 20.9 Å². The second-order valence-electron chi connectivity index (χ2n) is 10.3. The van der Waals surface area contributed by atoms with E-state index in [0.717, 1.165) is 16.5 Å². The number of hydrogen-bond acceptors (Lipinski definition) is 7. The zero-order chi connectivity index (χ0) is 31.4. The van der Waals surface area contributed by atoms with Crippen LogP contribution in [0.1, 0.15) is 36.8 Å². The highest BCUT2D eigenvalue weighted by Crippen LogP contribution is 2.19. The van der Waals surface area contributed by atoms with Crippen molar-refractivity contribution in [3.05, 3.63) is 71.9 Å². The number of hydrogen-bond donors (Lipinski definition) is 8. The number of amides is 4. The molecular formula is C30H39N7O6. The largest absolute Gasteiger partial charge is 0.480 e. The molecule has 1 heterocycles. The van der Waals surface area contributed by atoms with Crippen molar-refractivity contribution in [3.63, 3.8) is 0 Å². The van der Waals surface area contributed by atoms with Crippen LogP contribution in [-0.4, -0.2) is 70.4 Å². The van der Waals surface area contributed by atoms with E-state index in [1.54, 1.807) is 30.5 Å². The number of unbranched alkanes of at least 4 members (excludes halogenated alkanes) is 1. The van der Waals surface area contributed by atoms with Crippen molar-refractivity contribution < 1.29 is 29.1 Å². The van der Waals surface area contributed by atoms with Gasteiger partial charge in [0.2, 0.25) is 23.6 Å². The molecule has 13 nitrogen and oxygen atoms in total. The molecule has 0 radical (unpaired) electrons. The van der Waals surface area contributed by atoms with Crippen LogP contribution in [0.5, 0.6) is 0 Å². The molecule has 2 aromatic carbocycles. The zero-order valence-electron chi connectivity index (χ0n) is 23.8. The van der Waals surface area contributed by atoms with Crippen LogP contribution >= 0.6 is 0 Å². The molecule has 0 spiro atoms. The van der Waals surface area contributed by atoms with Gasteiger partial charge in [0.15, 0.2) is 0 Å². The van der Waals surface area contributed by atoms with Gasteiger partial charge in [0.05, 0.1) is 12.5 Å². The fraction of sp³-hybridized carbons (Fsp3) is 0.367. The molecule has 13 heteroatoms. The maximum Gasteiger partial charge on any atom is 0.326 e. The zero-order valence-corrected chi connectivity index (χ0v) is 23.8. The molecule has 0 fully saturated rings. The molecule has 1 aromatic heterocycles. The minimum Gasteiger partial charge on any atom is -0.480 e. The standard InChI is InChI=1S/C30H39N7O6/c31-13-7-6-12-23(30(42)43)35-28(40)24(15-19-17-34-22-11-5-4-10-20(19)22)37-29(41)25(16-26(33)38)36-27(39)21(32)14-18-8-2-1-3-9-18/h1-5,8-11,17,21,23-25,34H,6-7,12-16,31-32H2,(H2,33,38)(H,35,40)(H,36,39)(H,37,41)(H,42,43). The van der Waals surface area contributed by atoms with E-state index in [9.17, 15) is 29.1 Å². The van der Waals surface area contributed by atoms with E-state index < -0.39 is 60.2 Å². The number of carbonyl (C=O) groups is 5. The van der Waals surface area contributed by atoms with Crippen LogP contribution in [-0.2, 0) is 36.8 Å². The quantitative estimate of drug-likeness (QED) is 0.0975. The van der Waals surface area contributed by atoms with E-state index >= 15 is 0 Å². The molecule has 4 amide bonds. The smallest absolute Gasteiger partial charge is 0.326 e. The number of aromatic amines is 1. The van der Waals surface area contributed by atoms with E-state index in [4.69, 9.17) is 17.2 Å².